The molecule has 2 fully saturated rings. The van der Waals surface area contributed by atoms with Gasteiger partial charge in [0, 0.05) is 30.4 Å². The molecule has 2 aromatic rings. The van der Waals surface area contributed by atoms with Crippen molar-refractivity contribution in [3.8, 4) is 6.07 Å². The van der Waals surface area contributed by atoms with Crippen LogP contribution in [0.25, 0.3) is 10.9 Å². The van der Waals surface area contributed by atoms with E-state index >= 15 is 0 Å². The third-order valence-corrected chi connectivity index (χ3v) is 5.48. The molecule has 5 nitrogen and oxygen atoms in total. The number of benzene rings is 1. The molecule has 2 aliphatic rings. The van der Waals surface area contributed by atoms with Crippen LogP contribution < -0.4 is 4.90 Å². The molecule has 0 radical (unpaired) electrons. The first-order chi connectivity index (χ1) is 11.8. The van der Waals surface area contributed by atoms with Crippen LogP contribution in [0.3, 0.4) is 0 Å². The summed E-state index contributed by atoms with van der Waals surface area (Å²) in [6, 6.07) is 8.38. The Balaban J connectivity index is 1.83. The molecule has 2 atom stereocenters. The Morgan fingerprint density at radius 1 is 1.32 bits per heavy atom. The summed E-state index contributed by atoms with van der Waals surface area (Å²) in [7, 11) is 0. The molecule has 1 saturated heterocycles. The van der Waals surface area contributed by atoms with Crippen LogP contribution in [0.15, 0.2) is 30.5 Å². The summed E-state index contributed by atoms with van der Waals surface area (Å²) in [5, 5.41) is 19.1. The molecule has 0 amide bonds. The zero-order valence-electron chi connectivity index (χ0n) is 12.8. The quantitative estimate of drug-likeness (QED) is 0.904. The second kappa shape index (κ2) is 4.63. The summed E-state index contributed by atoms with van der Waals surface area (Å²) >= 11 is 0. The minimum absolute atomic E-state index is 0.211. The fourth-order valence-electron chi connectivity index (χ4n) is 4.10. The van der Waals surface area contributed by atoms with Crippen LogP contribution in [-0.4, -0.2) is 35.3 Å². The number of halogens is 3. The molecule has 0 spiro atoms. The number of carboxylic acids is 1. The van der Waals surface area contributed by atoms with Crippen LogP contribution in [0, 0.1) is 22.2 Å². The number of carboxylic acid groups (broad SMARTS) is 1. The maximum absolute atomic E-state index is 13.6. The van der Waals surface area contributed by atoms with Gasteiger partial charge in [-0.3, -0.25) is 9.78 Å². The van der Waals surface area contributed by atoms with E-state index in [0.29, 0.717) is 22.2 Å². The van der Waals surface area contributed by atoms with E-state index in [1.54, 1.807) is 18.2 Å². The highest BCUT2D eigenvalue weighted by atomic mass is 19.4. The van der Waals surface area contributed by atoms with Gasteiger partial charge in [0.2, 0.25) is 0 Å². The molecule has 8 heteroatoms. The summed E-state index contributed by atoms with van der Waals surface area (Å²) in [4.78, 5) is 17.2. The van der Waals surface area contributed by atoms with E-state index in [-0.39, 0.29) is 13.0 Å². The average molecular weight is 347 g/mol. The van der Waals surface area contributed by atoms with Crippen molar-refractivity contribution in [3.63, 3.8) is 0 Å². The van der Waals surface area contributed by atoms with Crippen LogP contribution in [0.4, 0.5) is 18.9 Å². The number of aromatic nitrogens is 1. The molecule has 1 aliphatic carbocycles. The lowest BCUT2D eigenvalue weighted by molar-refractivity contribution is -0.194. The highest BCUT2D eigenvalue weighted by molar-refractivity contribution is 5.96. The van der Waals surface area contributed by atoms with Gasteiger partial charge in [-0.15, -0.1) is 0 Å². The number of anilines is 1. The number of pyridine rings is 1. The van der Waals surface area contributed by atoms with Crippen molar-refractivity contribution in [1.29, 1.82) is 5.26 Å². The van der Waals surface area contributed by atoms with Crippen LogP contribution in [0.2, 0.25) is 0 Å². The summed E-state index contributed by atoms with van der Waals surface area (Å²) in [5.41, 5.74) is -2.82. The van der Waals surface area contributed by atoms with E-state index in [1.807, 2.05) is 6.07 Å². The zero-order valence-corrected chi connectivity index (χ0v) is 12.8. The first-order valence-electron chi connectivity index (χ1n) is 7.59. The Morgan fingerprint density at radius 2 is 2.08 bits per heavy atom. The van der Waals surface area contributed by atoms with Crippen molar-refractivity contribution in [2.24, 2.45) is 10.8 Å². The number of aliphatic carboxylic acids is 1. The van der Waals surface area contributed by atoms with Crippen molar-refractivity contribution in [3.05, 3.63) is 36.0 Å². The van der Waals surface area contributed by atoms with Gasteiger partial charge in [-0.2, -0.15) is 18.4 Å². The number of fused-ring (bicyclic) bond motifs is 2. The summed E-state index contributed by atoms with van der Waals surface area (Å²) < 4.78 is 40.7. The third kappa shape index (κ3) is 1.83. The smallest absolute Gasteiger partial charge is 0.397 e. The van der Waals surface area contributed by atoms with Gasteiger partial charge in [0.15, 0.2) is 0 Å². The van der Waals surface area contributed by atoms with E-state index in [0.717, 1.165) is 0 Å². The first kappa shape index (κ1) is 15.7. The molecule has 1 saturated carbocycles. The minimum atomic E-state index is -4.58. The second-order valence-corrected chi connectivity index (χ2v) is 6.64. The first-order valence-corrected chi connectivity index (χ1v) is 7.59. The lowest BCUT2D eigenvalue weighted by atomic mass is 9.96. The molecule has 1 aromatic carbocycles. The predicted molar refractivity (Wildman–Crippen MR) is 81.8 cm³/mol. The van der Waals surface area contributed by atoms with Gasteiger partial charge >= 0.3 is 12.1 Å². The number of hydrogen-bond acceptors (Lipinski definition) is 4. The molecule has 25 heavy (non-hydrogen) atoms. The fraction of sp³-hybridized carbons (Fsp3) is 0.353. The molecular formula is C17H12F3N3O2. The second-order valence-electron chi connectivity index (χ2n) is 6.64. The Morgan fingerprint density at radius 3 is 2.68 bits per heavy atom. The Bertz CT molecular complexity index is 952. The molecule has 1 N–H and O–H groups in total. The van der Waals surface area contributed by atoms with Gasteiger partial charge < -0.3 is 10.0 Å². The normalized spacial score (nSPS) is 27.8. The SMILES string of the molecule is N#Cc1ccc(N2CC3(C(=O)O)CC3(C(F)(F)F)C2)c2cccnc12. The van der Waals surface area contributed by atoms with Gasteiger partial charge in [-0.05, 0) is 30.7 Å². The molecule has 1 aromatic heterocycles. The highest BCUT2D eigenvalue weighted by Gasteiger charge is 2.86. The van der Waals surface area contributed by atoms with Gasteiger partial charge in [0.05, 0.1) is 11.1 Å². The number of nitriles is 1. The number of piperidine rings is 1. The molecule has 2 heterocycles. The van der Waals surface area contributed by atoms with E-state index in [2.05, 4.69) is 4.98 Å². The van der Waals surface area contributed by atoms with Crippen molar-refractivity contribution in [2.45, 2.75) is 12.6 Å². The van der Waals surface area contributed by atoms with Crippen molar-refractivity contribution < 1.29 is 23.1 Å². The van der Waals surface area contributed by atoms with E-state index in [1.165, 1.54) is 17.2 Å². The summed E-state index contributed by atoms with van der Waals surface area (Å²) in [5.74, 6) is -1.41. The molecule has 4 rings (SSSR count). The molecule has 1 aliphatic heterocycles. The van der Waals surface area contributed by atoms with Gasteiger partial charge in [0.1, 0.15) is 16.9 Å². The van der Waals surface area contributed by atoms with E-state index in [9.17, 15) is 28.3 Å². The molecule has 128 valence electrons. The van der Waals surface area contributed by atoms with Gasteiger partial charge in [-0.1, -0.05) is 0 Å². The third-order valence-electron chi connectivity index (χ3n) is 5.48. The number of carbonyl (C=O) groups is 1. The summed E-state index contributed by atoms with van der Waals surface area (Å²) in [6.07, 6.45) is -3.47. The zero-order chi connectivity index (χ0) is 18.0. The number of alkyl halides is 3. The lowest BCUT2D eigenvalue weighted by Gasteiger charge is -2.25. The van der Waals surface area contributed by atoms with Crippen molar-refractivity contribution >= 4 is 22.6 Å². The predicted octanol–water partition coefficient (Wildman–Crippen LogP) is 2.95. The average Bonchev–Trinajstić information content (AvgIpc) is 3.12. The maximum Gasteiger partial charge on any atom is 0.397 e. The fourth-order valence-corrected chi connectivity index (χ4v) is 4.10. The minimum Gasteiger partial charge on any atom is -0.481 e. The van der Waals surface area contributed by atoms with Crippen LogP contribution in [0.5, 0.6) is 0 Å². The topological polar surface area (TPSA) is 77.2 Å². The van der Waals surface area contributed by atoms with Gasteiger partial charge in [-0.25, -0.2) is 0 Å². The van der Waals surface area contributed by atoms with Gasteiger partial charge in [0.25, 0.3) is 0 Å². The Labute approximate surface area is 140 Å². The standard InChI is InChI=1S/C17H12F3N3O2/c18-17(19,20)16-7-15(16,14(24)25)8-23(9-16)12-4-3-10(6-21)13-11(12)2-1-5-22-13/h1-5H,7-9H2,(H,24,25). The Hall–Kier alpha value is -2.82. The molecular weight excluding hydrogens is 335 g/mol. The monoisotopic (exact) mass is 347 g/mol. The van der Waals surface area contributed by atoms with Crippen molar-refractivity contribution in [1.82, 2.24) is 4.98 Å². The number of rotatable bonds is 2. The van der Waals surface area contributed by atoms with Crippen LogP contribution in [0.1, 0.15) is 12.0 Å². The Kier molecular flexibility index (Phi) is 2.90. The van der Waals surface area contributed by atoms with Crippen LogP contribution in [-0.2, 0) is 4.79 Å². The molecule has 0 bridgehead atoms. The lowest BCUT2D eigenvalue weighted by Crippen LogP contribution is -2.34. The summed E-state index contributed by atoms with van der Waals surface area (Å²) in [6.45, 7) is -0.615. The number of nitrogens with zero attached hydrogens (tertiary/aromatic N) is 3. The largest absolute Gasteiger partial charge is 0.481 e. The van der Waals surface area contributed by atoms with Crippen LogP contribution >= 0.6 is 0 Å². The maximum atomic E-state index is 13.6. The number of hydrogen-bond donors (Lipinski definition) is 1. The highest BCUT2D eigenvalue weighted by Crippen LogP contribution is 2.75. The van der Waals surface area contributed by atoms with Crippen molar-refractivity contribution in [2.75, 3.05) is 18.0 Å². The van der Waals surface area contributed by atoms with E-state index < -0.39 is 29.5 Å². The molecule has 2 unspecified atom stereocenters. The van der Waals surface area contributed by atoms with E-state index in [4.69, 9.17) is 0 Å².